The lowest BCUT2D eigenvalue weighted by Crippen LogP contribution is -2.49. The Hall–Kier alpha value is -3.42. The molecule has 0 aromatic heterocycles. The molecule has 1 N–H and O–H groups in total. The topological polar surface area (TPSA) is 80.3 Å². The van der Waals surface area contributed by atoms with Crippen LogP contribution in [0.25, 0.3) is 0 Å². The minimum Gasteiger partial charge on any atom is -0.497 e. The van der Waals surface area contributed by atoms with Crippen molar-refractivity contribution in [1.29, 1.82) is 0 Å². The summed E-state index contributed by atoms with van der Waals surface area (Å²) in [7, 11) is 3.23. The van der Waals surface area contributed by atoms with Crippen molar-refractivity contribution in [2.45, 2.75) is 32.0 Å². The lowest BCUT2D eigenvalue weighted by atomic mass is 10.0. The molecule has 0 bridgehead atoms. The Balaban J connectivity index is 1.61. The fraction of sp³-hybridized carbons (Fsp3) is 0.417. The van der Waals surface area contributed by atoms with Gasteiger partial charge < -0.3 is 29.3 Å². The van der Waals surface area contributed by atoms with Gasteiger partial charge in [-0.15, -0.1) is 0 Å². The van der Waals surface area contributed by atoms with Gasteiger partial charge in [0.1, 0.15) is 17.7 Å². The molecule has 32 heavy (non-hydrogen) atoms. The van der Waals surface area contributed by atoms with Gasteiger partial charge in [-0.1, -0.05) is 18.2 Å². The monoisotopic (exact) mass is 439 g/mol. The van der Waals surface area contributed by atoms with Gasteiger partial charge in [0.05, 0.1) is 26.5 Å². The minimum atomic E-state index is -0.348. The van der Waals surface area contributed by atoms with Crippen molar-refractivity contribution < 1.29 is 23.8 Å². The molecule has 1 atom stereocenters. The van der Waals surface area contributed by atoms with Crippen molar-refractivity contribution >= 4 is 17.7 Å². The fourth-order valence-corrected chi connectivity index (χ4v) is 4.48. The number of hydrogen-bond donors (Lipinski definition) is 1. The summed E-state index contributed by atoms with van der Waals surface area (Å²) in [4.78, 5) is 29.1. The standard InChI is InChI=1S/C24H29N3O5/c1-4-32-24(29)26-13-11-16(12-14-26)27-22(18-7-5-6-8-19(18)23(27)28)25-20-15-17(30-2)9-10-21(20)31-3/h5-10,15-16,22,25H,4,11-14H2,1-3H3. The minimum absolute atomic E-state index is 0.00493. The van der Waals surface area contributed by atoms with Gasteiger partial charge in [0.25, 0.3) is 5.91 Å². The first-order valence-electron chi connectivity index (χ1n) is 10.9. The molecule has 1 saturated heterocycles. The first-order chi connectivity index (χ1) is 15.6. The average Bonchev–Trinajstić information content (AvgIpc) is 3.11. The number of benzene rings is 2. The van der Waals surface area contributed by atoms with E-state index in [1.165, 1.54) is 0 Å². The number of nitrogens with one attached hydrogen (secondary N) is 1. The van der Waals surface area contributed by atoms with Crippen LogP contribution in [0.3, 0.4) is 0 Å². The molecule has 0 radical (unpaired) electrons. The molecule has 4 rings (SSSR count). The van der Waals surface area contributed by atoms with E-state index in [9.17, 15) is 9.59 Å². The molecule has 2 heterocycles. The number of amides is 2. The van der Waals surface area contributed by atoms with E-state index in [4.69, 9.17) is 14.2 Å². The van der Waals surface area contributed by atoms with Crippen LogP contribution in [0.1, 0.15) is 41.9 Å². The van der Waals surface area contributed by atoms with Crippen LogP contribution < -0.4 is 14.8 Å². The van der Waals surface area contributed by atoms with E-state index < -0.39 is 0 Å². The molecule has 2 aliphatic heterocycles. The van der Waals surface area contributed by atoms with Crippen molar-refractivity contribution in [3.8, 4) is 11.5 Å². The summed E-state index contributed by atoms with van der Waals surface area (Å²) < 4.78 is 16.0. The van der Waals surface area contributed by atoms with Crippen LogP contribution >= 0.6 is 0 Å². The number of carbonyl (C=O) groups is 2. The summed E-state index contributed by atoms with van der Waals surface area (Å²) in [5, 5.41) is 3.52. The van der Waals surface area contributed by atoms with Crippen LogP contribution in [0, 0.1) is 0 Å². The molecular weight excluding hydrogens is 410 g/mol. The molecular formula is C24H29N3O5. The largest absolute Gasteiger partial charge is 0.497 e. The highest BCUT2D eigenvalue weighted by Crippen LogP contribution is 2.40. The Kier molecular flexibility index (Phi) is 6.39. The molecule has 2 amide bonds. The zero-order valence-electron chi connectivity index (χ0n) is 18.7. The van der Waals surface area contributed by atoms with E-state index in [0.717, 1.165) is 11.3 Å². The Bertz CT molecular complexity index is 987. The van der Waals surface area contributed by atoms with Crippen LogP contribution in [-0.4, -0.2) is 61.8 Å². The smallest absolute Gasteiger partial charge is 0.409 e. The van der Waals surface area contributed by atoms with Crippen LogP contribution in [0.15, 0.2) is 42.5 Å². The summed E-state index contributed by atoms with van der Waals surface area (Å²) in [5.41, 5.74) is 2.37. The van der Waals surface area contributed by atoms with Crippen molar-refractivity contribution in [2.24, 2.45) is 0 Å². The zero-order valence-corrected chi connectivity index (χ0v) is 18.7. The van der Waals surface area contributed by atoms with Gasteiger partial charge in [0.2, 0.25) is 0 Å². The third-order valence-electron chi connectivity index (χ3n) is 6.08. The van der Waals surface area contributed by atoms with E-state index >= 15 is 0 Å². The normalized spacial score (nSPS) is 18.3. The molecule has 8 heteroatoms. The molecule has 8 nitrogen and oxygen atoms in total. The SMILES string of the molecule is CCOC(=O)N1CCC(N2C(=O)c3ccccc3C2Nc2cc(OC)ccc2OC)CC1. The number of anilines is 1. The second-order valence-corrected chi connectivity index (χ2v) is 7.83. The number of carbonyl (C=O) groups excluding carboxylic acids is 2. The van der Waals surface area contributed by atoms with E-state index in [-0.39, 0.29) is 24.2 Å². The number of piperidine rings is 1. The first-order valence-corrected chi connectivity index (χ1v) is 10.9. The number of rotatable bonds is 6. The van der Waals surface area contributed by atoms with Crippen molar-refractivity contribution in [3.05, 3.63) is 53.6 Å². The third kappa shape index (κ3) is 4.04. The van der Waals surface area contributed by atoms with Crippen LogP contribution in [0.5, 0.6) is 11.5 Å². The van der Waals surface area contributed by atoms with Gasteiger partial charge >= 0.3 is 6.09 Å². The van der Waals surface area contributed by atoms with Crippen LogP contribution in [0.4, 0.5) is 10.5 Å². The van der Waals surface area contributed by atoms with Gasteiger partial charge in [0, 0.05) is 36.3 Å². The molecule has 1 unspecified atom stereocenters. The third-order valence-corrected chi connectivity index (χ3v) is 6.08. The van der Waals surface area contributed by atoms with Gasteiger partial charge in [0.15, 0.2) is 0 Å². The molecule has 0 saturated carbocycles. The summed E-state index contributed by atoms with van der Waals surface area (Å²) in [6.45, 7) is 3.26. The zero-order chi connectivity index (χ0) is 22.7. The van der Waals surface area contributed by atoms with E-state index in [1.54, 1.807) is 26.0 Å². The predicted octanol–water partition coefficient (Wildman–Crippen LogP) is 3.89. The molecule has 2 aromatic carbocycles. The van der Waals surface area contributed by atoms with Gasteiger partial charge in [-0.05, 0) is 38.0 Å². The average molecular weight is 440 g/mol. The molecule has 1 fully saturated rings. The van der Waals surface area contributed by atoms with E-state index in [0.29, 0.717) is 49.6 Å². The number of fused-ring (bicyclic) bond motifs is 1. The van der Waals surface area contributed by atoms with Gasteiger partial charge in [-0.2, -0.15) is 0 Å². The summed E-state index contributed by atoms with van der Waals surface area (Å²) in [6, 6.07) is 13.2. The van der Waals surface area contributed by atoms with Crippen LogP contribution in [0.2, 0.25) is 0 Å². The predicted molar refractivity (Wildman–Crippen MR) is 120 cm³/mol. The quantitative estimate of drug-likeness (QED) is 0.736. The number of ether oxygens (including phenoxy) is 3. The summed E-state index contributed by atoms with van der Waals surface area (Å²) in [5.74, 6) is 1.36. The Morgan fingerprint density at radius 1 is 1.09 bits per heavy atom. The lowest BCUT2D eigenvalue weighted by Gasteiger charge is -2.39. The van der Waals surface area contributed by atoms with Crippen molar-refractivity contribution in [1.82, 2.24) is 9.80 Å². The van der Waals surface area contributed by atoms with Crippen LogP contribution in [-0.2, 0) is 4.74 Å². The molecule has 2 aromatic rings. The second-order valence-electron chi connectivity index (χ2n) is 7.83. The fourth-order valence-electron chi connectivity index (χ4n) is 4.48. The highest BCUT2D eigenvalue weighted by Gasteiger charge is 2.42. The first kappa shape index (κ1) is 21.8. The lowest BCUT2D eigenvalue weighted by molar-refractivity contribution is 0.0496. The maximum Gasteiger partial charge on any atom is 0.409 e. The number of hydrogen-bond acceptors (Lipinski definition) is 6. The van der Waals surface area contributed by atoms with Gasteiger partial charge in [-0.3, -0.25) is 4.79 Å². The molecule has 2 aliphatic rings. The van der Waals surface area contributed by atoms with Crippen molar-refractivity contribution in [3.63, 3.8) is 0 Å². The Morgan fingerprint density at radius 2 is 1.84 bits per heavy atom. The van der Waals surface area contributed by atoms with Gasteiger partial charge in [-0.25, -0.2) is 4.79 Å². The highest BCUT2D eigenvalue weighted by atomic mass is 16.6. The second kappa shape index (κ2) is 9.38. The maximum absolute atomic E-state index is 13.4. The summed E-state index contributed by atoms with van der Waals surface area (Å²) >= 11 is 0. The summed E-state index contributed by atoms with van der Waals surface area (Å²) in [6.07, 6.45) is 0.731. The molecule has 0 spiro atoms. The number of methoxy groups -OCH3 is 2. The van der Waals surface area contributed by atoms with E-state index in [1.807, 2.05) is 47.4 Å². The molecule has 170 valence electrons. The molecule has 0 aliphatic carbocycles. The number of nitrogens with zero attached hydrogens (tertiary/aromatic N) is 2. The number of likely N-dealkylation sites (tertiary alicyclic amines) is 1. The van der Waals surface area contributed by atoms with E-state index in [2.05, 4.69) is 5.32 Å². The highest BCUT2D eigenvalue weighted by molar-refractivity contribution is 5.99. The Morgan fingerprint density at radius 3 is 2.53 bits per heavy atom. The maximum atomic E-state index is 13.4. The van der Waals surface area contributed by atoms with Crippen molar-refractivity contribution in [2.75, 3.05) is 39.2 Å². The Labute approximate surface area is 188 Å².